The van der Waals surface area contributed by atoms with Gasteiger partial charge in [-0.3, -0.25) is 15.1 Å². The molecule has 17 heavy (non-hydrogen) atoms. The van der Waals surface area contributed by atoms with Crippen molar-refractivity contribution in [2.75, 3.05) is 13.6 Å². The molecule has 4 N–H and O–H groups in total. The Morgan fingerprint density at radius 1 is 1.71 bits per heavy atom. The maximum absolute atomic E-state index is 11.2. The number of rotatable bonds is 5. The van der Waals surface area contributed by atoms with Crippen molar-refractivity contribution in [2.24, 2.45) is 5.84 Å². The summed E-state index contributed by atoms with van der Waals surface area (Å²) >= 11 is 1.25. The second kappa shape index (κ2) is 5.54. The average Bonchev–Trinajstić information content (AvgIpc) is 2.62. The fraction of sp³-hybridized carbons (Fsp3) is 0.600. The number of nitrogen functional groups attached to an aromatic ring is 1. The van der Waals surface area contributed by atoms with Crippen molar-refractivity contribution < 1.29 is 9.90 Å². The van der Waals surface area contributed by atoms with Crippen molar-refractivity contribution in [2.45, 2.75) is 26.0 Å². The van der Waals surface area contributed by atoms with E-state index in [2.05, 4.69) is 4.98 Å². The Morgan fingerprint density at radius 3 is 2.88 bits per heavy atom. The minimum absolute atomic E-state index is 0.346. The van der Waals surface area contributed by atoms with Gasteiger partial charge in [-0.2, -0.15) is 0 Å². The third-order valence-corrected chi connectivity index (χ3v) is 2.86. The van der Waals surface area contributed by atoms with Crippen molar-refractivity contribution in [1.29, 1.82) is 0 Å². The van der Waals surface area contributed by atoms with Crippen LogP contribution in [-0.2, 0) is 6.54 Å². The Morgan fingerprint density at radius 2 is 2.35 bits per heavy atom. The van der Waals surface area contributed by atoms with Gasteiger partial charge in [-0.15, -0.1) is 11.3 Å². The van der Waals surface area contributed by atoms with Gasteiger partial charge in [0.05, 0.1) is 11.3 Å². The van der Waals surface area contributed by atoms with Crippen LogP contribution in [0.2, 0.25) is 0 Å². The molecule has 1 aromatic heterocycles. The molecular formula is C10H18N4O2S. The Hall–Kier alpha value is -1.02. The van der Waals surface area contributed by atoms with Crippen molar-refractivity contribution in [3.8, 4) is 0 Å². The number of nitrogens with two attached hydrogens (primary N) is 1. The molecule has 1 aromatic rings. The molecule has 0 radical (unpaired) electrons. The van der Waals surface area contributed by atoms with Gasteiger partial charge in [-0.25, -0.2) is 10.8 Å². The highest BCUT2D eigenvalue weighted by Crippen LogP contribution is 2.12. The minimum atomic E-state index is -0.748. The van der Waals surface area contributed by atoms with Gasteiger partial charge in [-0.05, 0) is 20.9 Å². The number of thiazole rings is 1. The third-order valence-electron chi connectivity index (χ3n) is 1.97. The summed E-state index contributed by atoms with van der Waals surface area (Å²) in [5.74, 6) is 4.64. The first-order chi connectivity index (χ1) is 7.81. The van der Waals surface area contributed by atoms with E-state index in [4.69, 9.17) is 5.84 Å². The summed E-state index contributed by atoms with van der Waals surface area (Å²) in [6.07, 6.45) is 0. The van der Waals surface area contributed by atoms with Gasteiger partial charge in [0.2, 0.25) is 0 Å². The second-order valence-electron chi connectivity index (χ2n) is 4.60. The van der Waals surface area contributed by atoms with E-state index >= 15 is 0 Å². The van der Waals surface area contributed by atoms with Crippen LogP contribution in [0, 0.1) is 0 Å². The predicted molar refractivity (Wildman–Crippen MR) is 66.4 cm³/mol. The van der Waals surface area contributed by atoms with Crippen molar-refractivity contribution in [3.63, 3.8) is 0 Å². The van der Waals surface area contributed by atoms with Gasteiger partial charge in [0.1, 0.15) is 0 Å². The number of aliphatic hydroxyl groups is 1. The molecule has 6 nitrogen and oxygen atoms in total. The molecular weight excluding hydrogens is 240 g/mol. The third kappa shape index (κ3) is 4.78. The van der Waals surface area contributed by atoms with Crippen LogP contribution in [0.5, 0.6) is 0 Å². The molecule has 1 amide bonds. The summed E-state index contributed by atoms with van der Waals surface area (Å²) in [7, 11) is 1.89. The largest absolute Gasteiger partial charge is 0.389 e. The van der Waals surface area contributed by atoms with E-state index < -0.39 is 5.60 Å². The number of aromatic nitrogens is 1. The number of likely N-dealkylation sites (N-methyl/N-ethyl adjacent to an activating group) is 1. The molecule has 0 bridgehead atoms. The smallest absolute Gasteiger partial charge is 0.294 e. The molecule has 0 aliphatic rings. The Bertz CT molecular complexity index is 386. The molecule has 96 valence electrons. The van der Waals surface area contributed by atoms with E-state index in [1.165, 1.54) is 11.3 Å². The molecule has 0 spiro atoms. The first-order valence-electron chi connectivity index (χ1n) is 5.18. The molecule has 7 heteroatoms. The first kappa shape index (κ1) is 14.0. The predicted octanol–water partition coefficient (Wildman–Crippen LogP) is -0.0507. The van der Waals surface area contributed by atoms with Crippen LogP contribution in [0.3, 0.4) is 0 Å². The summed E-state index contributed by atoms with van der Waals surface area (Å²) in [5.41, 5.74) is 2.09. The van der Waals surface area contributed by atoms with Gasteiger partial charge >= 0.3 is 0 Å². The fourth-order valence-corrected chi connectivity index (χ4v) is 2.25. The summed E-state index contributed by atoms with van der Waals surface area (Å²) in [5, 5.41) is 11.8. The van der Waals surface area contributed by atoms with E-state index in [1.54, 1.807) is 13.8 Å². The number of amides is 1. The van der Waals surface area contributed by atoms with Crippen LogP contribution in [0.25, 0.3) is 0 Å². The Balaban J connectivity index is 2.57. The lowest BCUT2D eigenvalue weighted by Gasteiger charge is -2.24. The maximum atomic E-state index is 11.2. The number of nitrogens with one attached hydrogen (secondary N) is 1. The van der Waals surface area contributed by atoms with Crippen LogP contribution < -0.4 is 11.3 Å². The number of carbonyl (C=O) groups is 1. The van der Waals surface area contributed by atoms with Crippen LogP contribution in [0.15, 0.2) is 5.38 Å². The molecule has 0 atom stereocenters. The van der Waals surface area contributed by atoms with Crippen molar-refractivity contribution in [3.05, 3.63) is 16.1 Å². The molecule has 0 fully saturated rings. The zero-order valence-electron chi connectivity index (χ0n) is 10.2. The van der Waals surface area contributed by atoms with Crippen LogP contribution in [0.4, 0.5) is 0 Å². The number of hydrogen-bond donors (Lipinski definition) is 3. The minimum Gasteiger partial charge on any atom is -0.389 e. The summed E-state index contributed by atoms with van der Waals surface area (Å²) < 4.78 is 0. The SMILES string of the molecule is CN(Cc1csc(C(=O)NN)n1)CC(C)(C)O. The number of carbonyl (C=O) groups excluding carboxylic acids is 1. The van der Waals surface area contributed by atoms with Gasteiger partial charge in [-0.1, -0.05) is 0 Å². The fourth-order valence-electron chi connectivity index (χ4n) is 1.54. The van der Waals surface area contributed by atoms with Gasteiger partial charge in [0, 0.05) is 18.5 Å². The molecule has 0 aliphatic heterocycles. The topological polar surface area (TPSA) is 91.5 Å². The average molecular weight is 258 g/mol. The van der Waals surface area contributed by atoms with Crippen LogP contribution in [0.1, 0.15) is 29.3 Å². The quantitative estimate of drug-likeness (QED) is 0.391. The first-order valence-corrected chi connectivity index (χ1v) is 6.06. The second-order valence-corrected chi connectivity index (χ2v) is 5.46. The molecule has 0 unspecified atom stereocenters. The zero-order chi connectivity index (χ0) is 13.1. The number of hydrazine groups is 1. The Labute approximate surface area is 104 Å². The zero-order valence-corrected chi connectivity index (χ0v) is 11.0. The summed E-state index contributed by atoms with van der Waals surface area (Å²) in [6, 6.07) is 0. The lowest BCUT2D eigenvalue weighted by atomic mass is 10.1. The monoisotopic (exact) mass is 258 g/mol. The van der Waals surface area contributed by atoms with Crippen LogP contribution >= 0.6 is 11.3 Å². The molecule has 1 heterocycles. The van der Waals surface area contributed by atoms with E-state index in [0.717, 1.165) is 5.69 Å². The maximum Gasteiger partial charge on any atom is 0.294 e. The highest BCUT2D eigenvalue weighted by molar-refractivity contribution is 7.11. The number of nitrogens with zero attached hydrogens (tertiary/aromatic N) is 2. The van der Waals surface area contributed by atoms with E-state index in [0.29, 0.717) is 18.1 Å². The normalized spacial score (nSPS) is 11.9. The molecule has 1 rings (SSSR count). The van der Waals surface area contributed by atoms with Crippen molar-refractivity contribution >= 4 is 17.2 Å². The summed E-state index contributed by atoms with van der Waals surface area (Å²) in [6.45, 7) is 4.61. The van der Waals surface area contributed by atoms with Gasteiger partial charge < -0.3 is 5.11 Å². The van der Waals surface area contributed by atoms with E-state index in [9.17, 15) is 9.90 Å². The van der Waals surface area contributed by atoms with Gasteiger partial charge in [0.25, 0.3) is 5.91 Å². The molecule has 0 saturated heterocycles. The summed E-state index contributed by atoms with van der Waals surface area (Å²) in [4.78, 5) is 17.3. The molecule has 0 aromatic carbocycles. The highest BCUT2D eigenvalue weighted by Gasteiger charge is 2.17. The molecule has 0 saturated carbocycles. The van der Waals surface area contributed by atoms with E-state index in [1.807, 2.05) is 22.8 Å². The lowest BCUT2D eigenvalue weighted by Crippen LogP contribution is -2.36. The van der Waals surface area contributed by atoms with Crippen molar-refractivity contribution in [1.82, 2.24) is 15.3 Å². The van der Waals surface area contributed by atoms with E-state index in [-0.39, 0.29) is 5.91 Å². The lowest BCUT2D eigenvalue weighted by molar-refractivity contribution is 0.0421. The van der Waals surface area contributed by atoms with Crippen LogP contribution in [-0.4, -0.2) is 40.1 Å². The molecule has 0 aliphatic carbocycles. The van der Waals surface area contributed by atoms with Gasteiger partial charge in [0.15, 0.2) is 5.01 Å². The standard InChI is InChI=1S/C10H18N4O2S/c1-10(2,16)6-14(3)4-7-5-17-9(12-7)8(15)13-11/h5,16H,4,6,11H2,1-3H3,(H,13,15). The highest BCUT2D eigenvalue weighted by atomic mass is 32.1. The Kier molecular flexibility index (Phi) is 4.58. The number of hydrogen-bond acceptors (Lipinski definition) is 6.